The smallest absolute Gasteiger partial charge is 0.417 e. The summed E-state index contributed by atoms with van der Waals surface area (Å²) in [6.07, 6.45) is -5.76. The van der Waals surface area contributed by atoms with E-state index in [1.807, 2.05) is 0 Å². The van der Waals surface area contributed by atoms with Crippen LogP contribution in [-0.2, 0) is 12.7 Å². The molecule has 3 aromatic carbocycles. The lowest BCUT2D eigenvalue weighted by atomic mass is 10.1. The number of anilines is 1. The quantitative estimate of drug-likeness (QED) is 0.108. The van der Waals surface area contributed by atoms with Crippen LogP contribution in [0.3, 0.4) is 0 Å². The van der Waals surface area contributed by atoms with Gasteiger partial charge in [-0.2, -0.15) is 13.2 Å². The standard InChI is InChI=1S/C29H24F5N5O3/c30-21-8-6-16(10-22(21)31)13-36-27(40)20-11-18(29(32,33)34)14-35-26(20)37-25(17-4-2-1-3-5-17)15-42-19-7-9-23-24(12-19)39-28(41)38-23/h1-12,14,25,27,36,40H,13,15H2,(H,35,37)(H2,38,39,41)/t25-,27?/m0/s1. The Bertz CT molecular complexity index is 1740. The molecule has 2 heterocycles. The Balaban J connectivity index is 1.41. The van der Waals surface area contributed by atoms with E-state index in [1.54, 1.807) is 48.5 Å². The third kappa shape index (κ3) is 6.75. The highest BCUT2D eigenvalue weighted by atomic mass is 19.4. The van der Waals surface area contributed by atoms with Gasteiger partial charge in [0.1, 0.15) is 24.4 Å². The number of ether oxygens (including phenoxy) is 1. The highest BCUT2D eigenvalue weighted by molar-refractivity contribution is 5.75. The molecule has 0 fully saturated rings. The third-order valence-corrected chi connectivity index (χ3v) is 6.44. The number of benzene rings is 3. The number of aliphatic hydroxyl groups excluding tert-OH is 1. The number of nitrogens with one attached hydrogen (secondary N) is 4. The van der Waals surface area contributed by atoms with Crippen molar-refractivity contribution in [2.45, 2.75) is 25.0 Å². The minimum atomic E-state index is -4.74. The number of imidazole rings is 1. The number of fused-ring (bicyclic) bond motifs is 1. The summed E-state index contributed by atoms with van der Waals surface area (Å²) in [5.41, 5.74) is 0.419. The van der Waals surface area contributed by atoms with Gasteiger partial charge in [-0.15, -0.1) is 0 Å². The van der Waals surface area contributed by atoms with Crippen LogP contribution >= 0.6 is 0 Å². The lowest BCUT2D eigenvalue weighted by Crippen LogP contribution is -2.25. The Hall–Kier alpha value is -4.75. The molecule has 0 spiro atoms. The van der Waals surface area contributed by atoms with Crippen LogP contribution in [0, 0.1) is 11.6 Å². The number of halogens is 5. The van der Waals surface area contributed by atoms with E-state index >= 15 is 0 Å². The largest absolute Gasteiger partial charge is 0.491 e. The highest BCUT2D eigenvalue weighted by Crippen LogP contribution is 2.33. The molecule has 5 rings (SSSR count). The van der Waals surface area contributed by atoms with Gasteiger partial charge in [-0.1, -0.05) is 36.4 Å². The maximum atomic E-state index is 13.6. The number of hydrogen-bond donors (Lipinski definition) is 5. The number of aliphatic hydroxyl groups is 1. The zero-order chi connectivity index (χ0) is 29.9. The molecule has 0 saturated carbocycles. The topological polar surface area (TPSA) is 115 Å². The van der Waals surface area contributed by atoms with Gasteiger partial charge < -0.3 is 25.1 Å². The van der Waals surface area contributed by atoms with E-state index in [4.69, 9.17) is 4.74 Å². The van der Waals surface area contributed by atoms with E-state index in [1.165, 1.54) is 6.07 Å². The first-order valence-corrected chi connectivity index (χ1v) is 12.7. The molecule has 0 aliphatic heterocycles. The van der Waals surface area contributed by atoms with Crippen molar-refractivity contribution in [3.05, 3.63) is 123 Å². The summed E-state index contributed by atoms with van der Waals surface area (Å²) in [4.78, 5) is 20.8. The molecule has 0 aliphatic carbocycles. The molecule has 1 unspecified atom stereocenters. The van der Waals surface area contributed by atoms with Crippen molar-refractivity contribution >= 4 is 16.9 Å². The minimum Gasteiger partial charge on any atom is -0.491 e. The minimum absolute atomic E-state index is 0.00923. The SMILES string of the molecule is O=c1[nH]c2ccc(OC[C@H](Nc3ncc(C(F)(F)F)cc3C(O)NCc3ccc(F)c(F)c3)c3ccccc3)cc2[nH]1. The van der Waals surface area contributed by atoms with Crippen LogP contribution in [0.5, 0.6) is 5.75 Å². The van der Waals surface area contributed by atoms with Gasteiger partial charge in [0.2, 0.25) is 0 Å². The van der Waals surface area contributed by atoms with Gasteiger partial charge in [-0.05, 0) is 41.5 Å². The monoisotopic (exact) mass is 585 g/mol. The second-order valence-electron chi connectivity index (χ2n) is 9.40. The van der Waals surface area contributed by atoms with E-state index in [9.17, 15) is 31.9 Å². The van der Waals surface area contributed by atoms with Crippen molar-refractivity contribution in [2.24, 2.45) is 0 Å². The maximum absolute atomic E-state index is 13.6. The Morgan fingerprint density at radius 2 is 1.69 bits per heavy atom. The fourth-order valence-corrected chi connectivity index (χ4v) is 4.29. The third-order valence-electron chi connectivity index (χ3n) is 6.44. The predicted molar refractivity (Wildman–Crippen MR) is 145 cm³/mol. The normalized spacial score (nSPS) is 13.2. The number of rotatable bonds is 10. The molecule has 42 heavy (non-hydrogen) atoms. The van der Waals surface area contributed by atoms with Gasteiger partial charge in [0.25, 0.3) is 0 Å². The Labute approximate surface area is 235 Å². The number of aromatic nitrogens is 3. The van der Waals surface area contributed by atoms with E-state index < -0.39 is 35.6 Å². The maximum Gasteiger partial charge on any atom is 0.417 e. The predicted octanol–water partition coefficient (Wildman–Crippen LogP) is 5.56. The zero-order valence-electron chi connectivity index (χ0n) is 21.7. The molecule has 0 saturated heterocycles. The van der Waals surface area contributed by atoms with Gasteiger partial charge in [0.15, 0.2) is 11.6 Å². The number of aromatic amines is 2. The Morgan fingerprint density at radius 3 is 2.43 bits per heavy atom. The highest BCUT2D eigenvalue weighted by Gasteiger charge is 2.33. The van der Waals surface area contributed by atoms with Gasteiger partial charge >= 0.3 is 11.9 Å². The first-order chi connectivity index (χ1) is 20.1. The van der Waals surface area contributed by atoms with E-state index in [0.29, 0.717) is 28.5 Å². The van der Waals surface area contributed by atoms with Crippen LogP contribution in [0.25, 0.3) is 11.0 Å². The molecule has 2 aromatic heterocycles. The molecular formula is C29H24F5N5O3. The summed E-state index contributed by atoms with van der Waals surface area (Å²) in [5, 5.41) is 16.6. The molecule has 8 nitrogen and oxygen atoms in total. The molecular weight excluding hydrogens is 561 g/mol. The van der Waals surface area contributed by atoms with E-state index in [2.05, 4.69) is 25.6 Å². The summed E-state index contributed by atoms with van der Waals surface area (Å²) in [5.74, 6) is -1.78. The van der Waals surface area contributed by atoms with E-state index in [0.717, 1.165) is 18.2 Å². The van der Waals surface area contributed by atoms with Crippen LogP contribution in [0.4, 0.5) is 27.8 Å². The second kappa shape index (κ2) is 12.0. The van der Waals surface area contributed by atoms with Crippen LogP contribution < -0.4 is 21.1 Å². The number of alkyl halides is 3. The van der Waals surface area contributed by atoms with Crippen molar-refractivity contribution in [1.82, 2.24) is 20.3 Å². The number of pyridine rings is 1. The first kappa shape index (κ1) is 28.8. The van der Waals surface area contributed by atoms with Gasteiger partial charge in [-0.25, -0.2) is 18.6 Å². The zero-order valence-corrected chi connectivity index (χ0v) is 21.7. The fourth-order valence-electron chi connectivity index (χ4n) is 4.29. The number of hydrogen-bond acceptors (Lipinski definition) is 6. The average Bonchev–Trinajstić information content (AvgIpc) is 3.35. The molecule has 13 heteroatoms. The average molecular weight is 586 g/mol. The number of H-pyrrole nitrogens is 2. The molecule has 0 amide bonds. The van der Waals surface area contributed by atoms with Crippen molar-refractivity contribution < 1.29 is 31.8 Å². The summed E-state index contributed by atoms with van der Waals surface area (Å²) in [6, 6.07) is 17.1. The summed E-state index contributed by atoms with van der Waals surface area (Å²) < 4.78 is 73.5. The van der Waals surface area contributed by atoms with Crippen LogP contribution in [0.2, 0.25) is 0 Å². The Kier molecular flexibility index (Phi) is 8.22. The summed E-state index contributed by atoms with van der Waals surface area (Å²) >= 11 is 0. The Morgan fingerprint density at radius 1 is 0.929 bits per heavy atom. The molecule has 0 aliphatic rings. The molecule has 218 valence electrons. The van der Waals surface area contributed by atoms with E-state index in [-0.39, 0.29) is 35.8 Å². The molecule has 5 aromatic rings. The second-order valence-corrected chi connectivity index (χ2v) is 9.40. The molecule has 0 radical (unpaired) electrons. The first-order valence-electron chi connectivity index (χ1n) is 12.7. The van der Waals surface area contributed by atoms with Crippen LogP contribution in [-0.4, -0.2) is 26.7 Å². The van der Waals surface area contributed by atoms with Crippen LogP contribution in [0.15, 0.2) is 83.8 Å². The van der Waals surface area contributed by atoms with Crippen molar-refractivity contribution in [1.29, 1.82) is 0 Å². The summed E-state index contributed by atoms with van der Waals surface area (Å²) in [6.45, 7) is -0.187. The van der Waals surface area contributed by atoms with Crippen LogP contribution in [0.1, 0.15) is 34.5 Å². The molecule has 2 atom stereocenters. The lowest BCUT2D eigenvalue weighted by molar-refractivity contribution is -0.137. The van der Waals surface area contributed by atoms with Crippen molar-refractivity contribution in [3.8, 4) is 5.75 Å². The van der Waals surface area contributed by atoms with Gasteiger partial charge in [0, 0.05) is 24.4 Å². The molecule has 5 N–H and O–H groups in total. The van der Waals surface area contributed by atoms with Gasteiger partial charge in [0.05, 0.1) is 22.6 Å². The molecule has 0 bridgehead atoms. The number of nitrogens with zero attached hydrogens (tertiary/aromatic N) is 1. The van der Waals surface area contributed by atoms with Crippen molar-refractivity contribution in [3.63, 3.8) is 0 Å². The lowest BCUT2D eigenvalue weighted by Gasteiger charge is -2.24. The fraction of sp³-hybridized carbons (Fsp3) is 0.172. The summed E-state index contributed by atoms with van der Waals surface area (Å²) in [7, 11) is 0. The van der Waals surface area contributed by atoms with Crippen molar-refractivity contribution in [2.75, 3.05) is 11.9 Å². The van der Waals surface area contributed by atoms with Gasteiger partial charge in [-0.3, -0.25) is 5.32 Å².